The molecule has 10 aromatic carbocycles. The highest BCUT2D eigenvalue weighted by molar-refractivity contribution is 7.20. The predicted octanol–water partition coefficient (Wildman–Crippen LogP) is 19.6. The molecule has 0 aliphatic carbocycles. The first-order valence-electron chi connectivity index (χ1n) is 24.0. The third-order valence-corrected chi connectivity index (χ3v) is 14.4. The van der Waals surface area contributed by atoms with Gasteiger partial charge in [0.25, 0.3) is 0 Å². The topological polar surface area (TPSA) is 6.48 Å². The summed E-state index contributed by atoms with van der Waals surface area (Å²) in [6.45, 7) is 6.42. The van der Waals surface area contributed by atoms with Crippen molar-refractivity contribution < 1.29 is 0 Å². The zero-order chi connectivity index (χ0) is 47.4. The predicted molar refractivity (Wildman–Crippen MR) is 301 cm³/mol. The van der Waals surface area contributed by atoms with Crippen molar-refractivity contribution in [2.45, 2.75) is 20.8 Å². The third kappa shape index (κ3) is 8.99. The Labute approximate surface area is 416 Å². The van der Waals surface area contributed by atoms with Crippen LogP contribution in [-0.4, -0.2) is 0 Å². The Bertz CT molecular complexity index is 3460. The van der Waals surface area contributed by atoms with E-state index in [9.17, 15) is 0 Å². The molecule has 0 saturated heterocycles. The van der Waals surface area contributed by atoms with Crippen LogP contribution < -0.4 is 9.80 Å². The van der Waals surface area contributed by atoms with Crippen molar-refractivity contribution in [1.82, 2.24) is 0 Å². The second-order valence-corrected chi connectivity index (χ2v) is 19.0. The molecule has 0 fully saturated rings. The van der Waals surface area contributed by atoms with E-state index >= 15 is 0 Å². The summed E-state index contributed by atoms with van der Waals surface area (Å²) in [6, 6.07) is 95.0. The fraction of sp³-hybridized carbons (Fsp3) is 0.0448. The normalized spacial score (nSPS) is 11.1. The summed E-state index contributed by atoms with van der Waals surface area (Å²) >= 11 is 1.87. The molecule has 0 aliphatic heterocycles. The fourth-order valence-electron chi connectivity index (χ4n) is 9.49. The molecule has 1 aromatic heterocycles. The van der Waals surface area contributed by atoms with Crippen LogP contribution in [0.25, 0.3) is 65.4 Å². The van der Waals surface area contributed by atoms with Gasteiger partial charge in [0.05, 0.1) is 5.69 Å². The quantitative estimate of drug-likeness (QED) is 0.120. The van der Waals surface area contributed by atoms with Crippen molar-refractivity contribution in [3.63, 3.8) is 0 Å². The Hall–Kier alpha value is -8.50. The lowest BCUT2D eigenvalue weighted by molar-refractivity contribution is 1.27. The Kier molecular flexibility index (Phi) is 12.3. The zero-order valence-corrected chi connectivity index (χ0v) is 40.4. The molecule has 0 unspecified atom stereocenters. The molecule has 0 N–H and O–H groups in total. The van der Waals surface area contributed by atoms with Gasteiger partial charge >= 0.3 is 0 Å². The number of benzene rings is 10. The van der Waals surface area contributed by atoms with Crippen molar-refractivity contribution in [3.05, 3.63) is 278 Å². The summed E-state index contributed by atoms with van der Waals surface area (Å²) in [5, 5.41) is 0. The van der Waals surface area contributed by atoms with Gasteiger partial charge in [0.2, 0.25) is 0 Å². The van der Waals surface area contributed by atoms with E-state index in [1.54, 1.807) is 0 Å². The number of aryl methyl sites for hydroxylation is 3. The van der Waals surface area contributed by atoms with Crippen LogP contribution in [0.1, 0.15) is 16.7 Å². The minimum atomic E-state index is 1.08. The lowest BCUT2D eigenvalue weighted by Crippen LogP contribution is -2.11. The molecule has 11 aromatic rings. The molecule has 336 valence electrons. The van der Waals surface area contributed by atoms with E-state index in [0.717, 1.165) is 34.1 Å². The molecular weight excluding hydrogens is 865 g/mol. The Morgan fingerprint density at radius 2 is 0.629 bits per heavy atom. The van der Waals surface area contributed by atoms with Crippen molar-refractivity contribution in [2.24, 2.45) is 0 Å². The number of hydrogen-bond acceptors (Lipinski definition) is 3. The highest BCUT2D eigenvalue weighted by Gasteiger charge is 2.25. The molecular formula is C67H52N2S. The molecule has 1 heterocycles. The van der Waals surface area contributed by atoms with Gasteiger partial charge in [-0.1, -0.05) is 211 Å². The number of anilines is 6. The number of thiophene rings is 1. The van der Waals surface area contributed by atoms with Crippen LogP contribution in [0.2, 0.25) is 0 Å². The molecule has 11 rings (SSSR count). The van der Waals surface area contributed by atoms with Gasteiger partial charge in [-0.05, 0) is 126 Å². The SMILES string of the molecule is Cc1ccc(-c2cccc(N(c3ccc(-c4sc(-c5ccc(N(c6ccc(C)cc6)c6ccc(C)cc6)cc5)c(-c5ccccc5)c4-c4ccccc4)cc3)c3ccccc3-c3ccccc3)c2)cc1. The van der Waals surface area contributed by atoms with Gasteiger partial charge in [0, 0.05) is 54.9 Å². The summed E-state index contributed by atoms with van der Waals surface area (Å²) in [6.07, 6.45) is 0. The number of nitrogens with zero attached hydrogens (tertiary/aromatic N) is 2. The molecule has 0 bridgehead atoms. The molecule has 0 aliphatic rings. The van der Waals surface area contributed by atoms with Crippen molar-refractivity contribution in [2.75, 3.05) is 9.80 Å². The van der Waals surface area contributed by atoms with E-state index in [4.69, 9.17) is 0 Å². The van der Waals surface area contributed by atoms with E-state index in [0.29, 0.717) is 0 Å². The maximum atomic E-state index is 2.41. The first-order chi connectivity index (χ1) is 34.4. The van der Waals surface area contributed by atoms with Gasteiger partial charge in [-0.25, -0.2) is 0 Å². The lowest BCUT2D eigenvalue weighted by Gasteiger charge is -2.28. The second kappa shape index (κ2) is 19.6. The Morgan fingerprint density at radius 3 is 1.11 bits per heavy atom. The van der Waals surface area contributed by atoms with Crippen LogP contribution in [0, 0.1) is 20.8 Å². The van der Waals surface area contributed by atoms with Gasteiger partial charge in [0.15, 0.2) is 0 Å². The van der Waals surface area contributed by atoms with Crippen LogP contribution >= 0.6 is 11.3 Å². The Balaban J connectivity index is 1.06. The fourth-order valence-corrected chi connectivity index (χ4v) is 10.8. The molecule has 2 nitrogen and oxygen atoms in total. The molecule has 0 amide bonds. The summed E-state index contributed by atoms with van der Waals surface area (Å²) < 4.78 is 0. The first-order valence-corrected chi connectivity index (χ1v) is 24.8. The first kappa shape index (κ1) is 44.0. The van der Waals surface area contributed by atoms with E-state index in [1.165, 1.54) is 82.1 Å². The number of hydrogen-bond donors (Lipinski definition) is 0. The maximum absolute atomic E-state index is 2.41. The van der Waals surface area contributed by atoms with Gasteiger partial charge in [-0.2, -0.15) is 0 Å². The lowest BCUT2D eigenvalue weighted by atomic mass is 9.91. The van der Waals surface area contributed by atoms with E-state index in [2.05, 4.69) is 291 Å². The highest BCUT2D eigenvalue weighted by Crippen LogP contribution is 2.53. The van der Waals surface area contributed by atoms with E-state index in [-0.39, 0.29) is 0 Å². The minimum Gasteiger partial charge on any atom is -0.311 e. The van der Waals surface area contributed by atoms with Crippen LogP contribution in [-0.2, 0) is 0 Å². The number of para-hydroxylation sites is 1. The van der Waals surface area contributed by atoms with Gasteiger partial charge in [0.1, 0.15) is 0 Å². The second-order valence-electron chi connectivity index (χ2n) is 18.0. The van der Waals surface area contributed by atoms with E-state index in [1.807, 2.05) is 11.3 Å². The summed E-state index contributed by atoms with van der Waals surface area (Å²) in [7, 11) is 0. The van der Waals surface area contributed by atoms with Gasteiger partial charge < -0.3 is 9.80 Å². The average Bonchev–Trinajstić information content (AvgIpc) is 3.82. The highest BCUT2D eigenvalue weighted by atomic mass is 32.1. The third-order valence-electron chi connectivity index (χ3n) is 13.1. The molecule has 70 heavy (non-hydrogen) atoms. The van der Waals surface area contributed by atoms with Crippen molar-refractivity contribution in [1.29, 1.82) is 0 Å². The van der Waals surface area contributed by atoms with Crippen LogP contribution in [0.4, 0.5) is 34.1 Å². The summed E-state index contributed by atoms with van der Waals surface area (Å²) in [5.41, 5.74) is 22.3. The molecule has 0 spiro atoms. The van der Waals surface area contributed by atoms with Crippen LogP contribution in [0.5, 0.6) is 0 Å². The number of rotatable bonds is 12. The molecule has 0 atom stereocenters. The largest absolute Gasteiger partial charge is 0.311 e. The minimum absolute atomic E-state index is 1.08. The smallest absolute Gasteiger partial charge is 0.0540 e. The average molecular weight is 917 g/mol. The zero-order valence-electron chi connectivity index (χ0n) is 39.6. The van der Waals surface area contributed by atoms with Gasteiger partial charge in [-0.15, -0.1) is 11.3 Å². The maximum Gasteiger partial charge on any atom is 0.0540 e. The van der Waals surface area contributed by atoms with Crippen LogP contribution in [0.15, 0.2) is 261 Å². The van der Waals surface area contributed by atoms with Crippen LogP contribution in [0.3, 0.4) is 0 Å². The monoisotopic (exact) mass is 916 g/mol. The summed E-state index contributed by atoms with van der Waals surface area (Å²) in [4.78, 5) is 7.22. The summed E-state index contributed by atoms with van der Waals surface area (Å²) in [5.74, 6) is 0. The Morgan fingerprint density at radius 1 is 0.257 bits per heavy atom. The standard InChI is InChI=1S/C67H52N2S/c1-47-26-32-50(33-27-47)56-22-15-23-61(46-56)69(63-25-14-13-24-62(63)51-16-7-4-8-17-51)60-44-36-55(37-45-60)67-65(53-20-11-6-12-21-53)64(52-18-9-5-10-19-52)66(70-67)54-34-42-59(43-35-54)68(57-38-28-48(2)29-39-57)58-40-30-49(3)31-41-58/h4-46H,1-3H3. The molecule has 0 saturated carbocycles. The van der Waals surface area contributed by atoms with Gasteiger partial charge in [-0.3, -0.25) is 0 Å². The van der Waals surface area contributed by atoms with Crippen molar-refractivity contribution in [3.8, 4) is 65.4 Å². The molecule has 3 heteroatoms. The molecule has 0 radical (unpaired) electrons. The van der Waals surface area contributed by atoms with E-state index < -0.39 is 0 Å². The van der Waals surface area contributed by atoms with Crippen molar-refractivity contribution >= 4 is 45.5 Å².